The van der Waals surface area contributed by atoms with Crippen LogP contribution in [0.4, 0.5) is 4.39 Å². The number of hydrogen-bond donors (Lipinski definition) is 1. The Morgan fingerprint density at radius 2 is 2.12 bits per heavy atom. The smallest absolute Gasteiger partial charge is 0.160 e. The van der Waals surface area contributed by atoms with Crippen LogP contribution in [-0.2, 0) is 15.9 Å². The van der Waals surface area contributed by atoms with E-state index in [1.807, 2.05) is 0 Å². The first-order valence-electron chi connectivity index (χ1n) is 5.51. The summed E-state index contributed by atoms with van der Waals surface area (Å²) in [6.07, 6.45) is -0.542. The highest BCUT2D eigenvalue weighted by Gasteiger charge is 2.21. The van der Waals surface area contributed by atoms with Gasteiger partial charge in [0.2, 0.25) is 0 Å². The quantitative estimate of drug-likeness (QED) is 0.902. The van der Waals surface area contributed by atoms with Gasteiger partial charge in [0, 0.05) is 12.8 Å². The van der Waals surface area contributed by atoms with E-state index in [-0.39, 0.29) is 17.7 Å². The second-order valence-corrected chi connectivity index (χ2v) is 4.38. The zero-order chi connectivity index (χ0) is 12.3. The Morgan fingerprint density at radius 3 is 2.82 bits per heavy atom. The minimum absolute atomic E-state index is 0.0723. The van der Waals surface area contributed by atoms with Gasteiger partial charge in [0.1, 0.15) is 5.82 Å². The zero-order valence-electron chi connectivity index (χ0n) is 9.23. The lowest BCUT2D eigenvalue weighted by Crippen LogP contribution is -2.20. The van der Waals surface area contributed by atoms with Crippen molar-refractivity contribution in [3.05, 3.63) is 34.6 Å². The van der Waals surface area contributed by atoms with E-state index in [1.54, 1.807) is 12.1 Å². The van der Waals surface area contributed by atoms with E-state index in [0.717, 1.165) is 0 Å². The topological polar surface area (TPSA) is 38.7 Å². The molecule has 1 aliphatic heterocycles. The maximum absolute atomic E-state index is 13.6. The summed E-state index contributed by atoms with van der Waals surface area (Å²) in [6, 6.07) is 4.76. The van der Waals surface area contributed by atoms with Crippen LogP contribution in [0.15, 0.2) is 18.2 Å². The van der Waals surface area contributed by atoms with E-state index in [9.17, 15) is 9.50 Å². The van der Waals surface area contributed by atoms with Gasteiger partial charge in [-0.1, -0.05) is 23.7 Å². The summed E-state index contributed by atoms with van der Waals surface area (Å²) < 4.78 is 24.0. The molecule has 0 spiro atoms. The zero-order valence-corrected chi connectivity index (χ0v) is 9.99. The normalized spacial score (nSPS) is 18.5. The van der Waals surface area contributed by atoms with Crippen LogP contribution in [0.5, 0.6) is 0 Å². The number of hydrogen-bond acceptors (Lipinski definition) is 3. The standard InChI is InChI=1S/C12H14ClFO3/c13-10-3-1-2-8(12(10)14)6-9(15)7-11-16-4-5-17-11/h1-3,9,11,15H,4-7H2. The van der Waals surface area contributed by atoms with Gasteiger partial charge in [-0.05, 0) is 11.6 Å². The molecule has 0 aromatic heterocycles. The molecule has 1 fully saturated rings. The van der Waals surface area contributed by atoms with Crippen LogP contribution in [0, 0.1) is 5.82 Å². The Labute approximate surface area is 104 Å². The number of aliphatic hydroxyl groups excluding tert-OH is 1. The molecule has 17 heavy (non-hydrogen) atoms. The molecule has 1 unspecified atom stereocenters. The molecule has 1 aromatic rings. The van der Waals surface area contributed by atoms with E-state index in [0.29, 0.717) is 25.2 Å². The summed E-state index contributed by atoms with van der Waals surface area (Å²) in [5, 5.41) is 9.88. The van der Waals surface area contributed by atoms with Crippen LogP contribution in [-0.4, -0.2) is 30.7 Å². The van der Waals surface area contributed by atoms with Crippen LogP contribution in [0.25, 0.3) is 0 Å². The fourth-order valence-corrected chi connectivity index (χ4v) is 2.00. The van der Waals surface area contributed by atoms with Gasteiger partial charge in [0.25, 0.3) is 0 Å². The highest BCUT2D eigenvalue weighted by atomic mass is 35.5. The van der Waals surface area contributed by atoms with Crippen molar-refractivity contribution in [3.8, 4) is 0 Å². The first-order valence-corrected chi connectivity index (χ1v) is 5.89. The van der Waals surface area contributed by atoms with Gasteiger partial charge in [-0.3, -0.25) is 0 Å². The molecule has 1 saturated heterocycles. The summed E-state index contributed by atoms with van der Waals surface area (Å²) in [7, 11) is 0. The molecule has 1 aromatic carbocycles. The molecule has 0 saturated carbocycles. The first-order chi connectivity index (χ1) is 8.16. The van der Waals surface area contributed by atoms with Gasteiger partial charge < -0.3 is 14.6 Å². The van der Waals surface area contributed by atoms with Crippen LogP contribution in [0.1, 0.15) is 12.0 Å². The third-order valence-electron chi connectivity index (χ3n) is 2.64. The summed E-state index contributed by atoms with van der Waals surface area (Å²) in [5.74, 6) is -0.471. The number of benzene rings is 1. The fraction of sp³-hybridized carbons (Fsp3) is 0.500. The Balaban J connectivity index is 1.93. The number of rotatable bonds is 4. The van der Waals surface area contributed by atoms with Gasteiger partial charge in [-0.25, -0.2) is 4.39 Å². The van der Waals surface area contributed by atoms with Crippen molar-refractivity contribution in [1.82, 2.24) is 0 Å². The Hall–Kier alpha value is -0.680. The van der Waals surface area contributed by atoms with Crippen molar-refractivity contribution in [3.63, 3.8) is 0 Å². The molecule has 0 amide bonds. The average Bonchev–Trinajstić information content (AvgIpc) is 2.77. The maximum Gasteiger partial charge on any atom is 0.160 e. The summed E-state index contributed by atoms with van der Waals surface area (Å²) in [6.45, 7) is 1.09. The largest absolute Gasteiger partial charge is 0.393 e. The number of aliphatic hydroxyl groups is 1. The maximum atomic E-state index is 13.6. The van der Waals surface area contributed by atoms with E-state index < -0.39 is 11.9 Å². The number of ether oxygens (including phenoxy) is 2. The van der Waals surface area contributed by atoms with Crippen molar-refractivity contribution in [1.29, 1.82) is 0 Å². The molecule has 1 aliphatic rings. The lowest BCUT2D eigenvalue weighted by Gasteiger charge is -2.15. The van der Waals surface area contributed by atoms with Gasteiger partial charge in [-0.15, -0.1) is 0 Å². The van der Waals surface area contributed by atoms with Crippen LogP contribution in [0.3, 0.4) is 0 Å². The molecule has 2 rings (SSSR count). The van der Waals surface area contributed by atoms with E-state index in [4.69, 9.17) is 21.1 Å². The molecule has 94 valence electrons. The highest BCUT2D eigenvalue weighted by Crippen LogP contribution is 2.20. The van der Waals surface area contributed by atoms with Gasteiger partial charge in [-0.2, -0.15) is 0 Å². The van der Waals surface area contributed by atoms with Crippen LogP contribution in [0.2, 0.25) is 5.02 Å². The minimum Gasteiger partial charge on any atom is -0.393 e. The molecule has 0 radical (unpaired) electrons. The highest BCUT2D eigenvalue weighted by molar-refractivity contribution is 6.30. The minimum atomic E-state index is -0.703. The summed E-state index contributed by atoms with van der Waals surface area (Å²) >= 11 is 5.66. The lowest BCUT2D eigenvalue weighted by atomic mass is 10.1. The fourth-order valence-electron chi connectivity index (χ4n) is 1.81. The molecule has 1 atom stereocenters. The predicted molar refractivity (Wildman–Crippen MR) is 61.4 cm³/mol. The lowest BCUT2D eigenvalue weighted by molar-refractivity contribution is -0.0699. The molecular weight excluding hydrogens is 247 g/mol. The molecular formula is C12H14ClFO3. The van der Waals surface area contributed by atoms with Crippen molar-refractivity contribution >= 4 is 11.6 Å². The van der Waals surface area contributed by atoms with Crippen LogP contribution >= 0.6 is 11.6 Å². The van der Waals surface area contributed by atoms with Crippen molar-refractivity contribution < 1.29 is 19.0 Å². The van der Waals surface area contributed by atoms with E-state index in [2.05, 4.69) is 0 Å². The van der Waals surface area contributed by atoms with Crippen molar-refractivity contribution in [2.45, 2.75) is 25.2 Å². The Bertz CT molecular complexity index is 380. The SMILES string of the molecule is OC(Cc1cccc(Cl)c1F)CC1OCCO1. The van der Waals surface area contributed by atoms with Gasteiger partial charge in [0.05, 0.1) is 24.3 Å². The monoisotopic (exact) mass is 260 g/mol. The second-order valence-electron chi connectivity index (χ2n) is 3.98. The second kappa shape index (κ2) is 5.78. The van der Waals surface area contributed by atoms with Crippen LogP contribution < -0.4 is 0 Å². The third-order valence-corrected chi connectivity index (χ3v) is 2.93. The van der Waals surface area contributed by atoms with Gasteiger partial charge >= 0.3 is 0 Å². The Kier molecular flexibility index (Phi) is 4.34. The molecule has 1 heterocycles. The molecule has 1 N–H and O–H groups in total. The van der Waals surface area contributed by atoms with Crippen molar-refractivity contribution in [2.24, 2.45) is 0 Å². The number of halogens is 2. The summed E-state index contributed by atoms with van der Waals surface area (Å²) in [4.78, 5) is 0. The predicted octanol–water partition coefficient (Wildman–Crippen LogP) is 2.15. The summed E-state index contributed by atoms with van der Waals surface area (Å²) in [5.41, 5.74) is 0.406. The van der Waals surface area contributed by atoms with E-state index >= 15 is 0 Å². The molecule has 0 bridgehead atoms. The Morgan fingerprint density at radius 1 is 1.41 bits per heavy atom. The molecule has 3 nitrogen and oxygen atoms in total. The van der Waals surface area contributed by atoms with Crippen molar-refractivity contribution in [2.75, 3.05) is 13.2 Å². The molecule has 5 heteroatoms. The van der Waals surface area contributed by atoms with E-state index in [1.165, 1.54) is 6.07 Å². The average molecular weight is 261 g/mol. The van der Waals surface area contributed by atoms with Gasteiger partial charge in [0.15, 0.2) is 6.29 Å². The third kappa shape index (κ3) is 3.39. The first kappa shape index (κ1) is 12.8. The molecule has 0 aliphatic carbocycles.